The molecule has 8 nitrogen and oxygen atoms in total. The molecule has 0 aromatic heterocycles. The van der Waals surface area contributed by atoms with E-state index in [-0.39, 0.29) is 31.1 Å². The molecule has 3 rings (SSSR count). The summed E-state index contributed by atoms with van der Waals surface area (Å²) in [4.78, 5) is 43.1. The summed E-state index contributed by atoms with van der Waals surface area (Å²) in [5, 5.41) is 0. The molecule has 26 heavy (non-hydrogen) atoms. The van der Waals surface area contributed by atoms with E-state index in [0.29, 0.717) is 26.2 Å². The predicted octanol–water partition coefficient (Wildman–Crippen LogP) is 1.01. The maximum atomic E-state index is 12.6. The van der Waals surface area contributed by atoms with Crippen molar-refractivity contribution in [3.8, 4) is 0 Å². The van der Waals surface area contributed by atoms with Crippen LogP contribution in [0.4, 0.5) is 9.59 Å². The van der Waals surface area contributed by atoms with Crippen molar-refractivity contribution in [3.63, 3.8) is 0 Å². The van der Waals surface area contributed by atoms with Crippen molar-refractivity contribution in [1.29, 1.82) is 0 Å². The molecule has 0 unspecified atom stereocenters. The number of amides is 4. The van der Waals surface area contributed by atoms with Gasteiger partial charge in [0.15, 0.2) is 0 Å². The van der Waals surface area contributed by atoms with Crippen molar-refractivity contribution in [1.82, 2.24) is 19.6 Å². The van der Waals surface area contributed by atoms with Crippen LogP contribution < -0.4 is 0 Å². The van der Waals surface area contributed by atoms with Crippen LogP contribution in [0.15, 0.2) is 30.3 Å². The lowest BCUT2D eigenvalue weighted by Gasteiger charge is -2.36. The van der Waals surface area contributed by atoms with Crippen molar-refractivity contribution in [2.24, 2.45) is 0 Å². The molecule has 1 aromatic rings. The first kappa shape index (κ1) is 18.0. The van der Waals surface area contributed by atoms with E-state index in [2.05, 4.69) is 0 Å². The molecule has 0 N–H and O–H groups in total. The molecule has 8 heteroatoms. The second kappa shape index (κ2) is 7.63. The number of hydrogen-bond acceptors (Lipinski definition) is 4. The minimum Gasteiger partial charge on any atom is -0.447 e. The Hall–Kier alpha value is -2.77. The minimum atomic E-state index is -0.464. The van der Waals surface area contributed by atoms with E-state index in [1.54, 1.807) is 23.9 Å². The Morgan fingerprint density at radius 3 is 2.31 bits per heavy atom. The van der Waals surface area contributed by atoms with Gasteiger partial charge in [0.25, 0.3) is 0 Å². The predicted molar refractivity (Wildman–Crippen MR) is 94.5 cm³/mol. The van der Waals surface area contributed by atoms with Gasteiger partial charge in [0.05, 0.1) is 6.04 Å². The van der Waals surface area contributed by atoms with Gasteiger partial charge in [0.1, 0.15) is 13.2 Å². The zero-order valence-corrected chi connectivity index (χ0v) is 15.1. The van der Waals surface area contributed by atoms with Gasteiger partial charge < -0.3 is 19.4 Å². The second-order valence-corrected chi connectivity index (χ2v) is 6.68. The molecule has 2 aliphatic heterocycles. The lowest BCUT2D eigenvalue weighted by molar-refractivity contribution is -0.133. The van der Waals surface area contributed by atoms with Gasteiger partial charge in [0.2, 0.25) is 5.91 Å². The van der Waals surface area contributed by atoms with E-state index in [9.17, 15) is 14.4 Å². The number of carbonyl (C=O) groups is 3. The zero-order valence-electron chi connectivity index (χ0n) is 15.1. The summed E-state index contributed by atoms with van der Waals surface area (Å²) in [6, 6.07) is 9.27. The number of carbonyl (C=O) groups excluding carboxylic acids is 3. The molecule has 1 atom stereocenters. The highest BCUT2D eigenvalue weighted by atomic mass is 16.6. The number of cyclic esters (lactones) is 1. The number of benzene rings is 1. The van der Waals surface area contributed by atoms with Gasteiger partial charge in [0, 0.05) is 40.3 Å². The fourth-order valence-electron chi connectivity index (χ4n) is 3.25. The molecule has 2 aliphatic rings. The molecule has 2 fully saturated rings. The van der Waals surface area contributed by atoms with Gasteiger partial charge >= 0.3 is 12.1 Å². The lowest BCUT2D eigenvalue weighted by Crippen LogP contribution is -2.54. The Morgan fingerprint density at radius 1 is 1.08 bits per heavy atom. The fraction of sp³-hybridized carbons (Fsp3) is 0.500. The first-order chi connectivity index (χ1) is 12.5. The van der Waals surface area contributed by atoms with Gasteiger partial charge in [-0.25, -0.2) is 9.59 Å². The number of ether oxygens (including phenoxy) is 1. The van der Waals surface area contributed by atoms with E-state index in [1.807, 2.05) is 30.3 Å². The number of hydrogen-bond donors (Lipinski definition) is 0. The lowest BCUT2D eigenvalue weighted by atomic mass is 10.1. The van der Waals surface area contributed by atoms with E-state index in [1.165, 1.54) is 9.80 Å². The molecule has 0 aliphatic carbocycles. The molecule has 2 saturated heterocycles. The molecule has 0 spiro atoms. The molecule has 0 radical (unpaired) electrons. The summed E-state index contributed by atoms with van der Waals surface area (Å²) in [5.41, 5.74) is 0.951. The molecule has 1 aromatic carbocycles. The van der Waals surface area contributed by atoms with Crippen LogP contribution in [0.3, 0.4) is 0 Å². The number of rotatable bonds is 3. The number of piperazine rings is 1. The normalized spacial score (nSPS) is 20.2. The number of nitrogens with zero attached hydrogens (tertiary/aromatic N) is 4. The van der Waals surface area contributed by atoms with E-state index < -0.39 is 6.09 Å². The van der Waals surface area contributed by atoms with Crippen molar-refractivity contribution < 1.29 is 19.1 Å². The van der Waals surface area contributed by atoms with E-state index in [4.69, 9.17) is 4.74 Å². The quantitative estimate of drug-likeness (QED) is 0.806. The third-order valence-electron chi connectivity index (χ3n) is 4.75. The van der Waals surface area contributed by atoms with Gasteiger partial charge in [-0.2, -0.15) is 0 Å². The third kappa shape index (κ3) is 3.74. The van der Waals surface area contributed by atoms with Crippen LogP contribution in [0.25, 0.3) is 0 Å². The highest BCUT2D eigenvalue weighted by molar-refractivity contribution is 5.83. The molecule has 0 saturated carbocycles. The van der Waals surface area contributed by atoms with Crippen molar-refractivity contribution in [2.75, 3.05) is 53.4 Å². The Bertz CT molecular complexity index is 671. The molecular formula is C18H24N4O4. The smallest absolute Gasteiger partial charge is 0.410 e. The van der Waals surface area contributed by atoms with E-state index >= 15 is 0 Å². The molecule has 140 valence electrons. The van der Waals surface area contributed by atoms with Crippen molar-refractivity contribution in [2.45, 2.75) is 6.04 Å². The molecule has 0 bridgehead atoms. The summed E-state index contributed by atoms with van der Waals surface area (Å²) >= 11 is 0. The Balaban J connectivity index is 1.59. The standard InChI is InChI=1S/C18H24N4O4/c1-19(2)17(24)21-10-8-20(9-11-21)16(23)12-22-15(13-26-18(22)25)14-6-4-3-5-7-14/h3-7,15H,8-13H2,1-2H3/t15-/m1/s1. The van der Waals surface area contributed by atoms with Gasteiger partial charge in [-0.05, 0) is 5.56 Å². The monoisotopic (exact) mass is 360 g/mol. The van der Waals surface area contributed by atoms with Crippen molar-refractivity contribution in [3.05, 3.63) is 35.9 Å². The summed E-state index contributed by atoms with van der Waals surface area (Å²) in [5.74, 6) is -0.123. The minimum absolute atomic E-state index is 0.0139. The summed E-state index contributed by atoms with van der Waals surface area (Å²) in [6.07, 6.45) is -0.464. The largest absolute Gasteiger partial charge is 0.447 e. The molecule has 4 amide bonds. The van der Waals surface area contributed by atoms with Crippen LogP contribution in [-0.4, -0.2) is 91.1 Å². The van der Waals surface area contributed by atoms with Crippen LogP contribution >= 0.6 is 0 Å². The Morgan fingerprint density at radius 2 is 1.69 bits per heavy atom. The highest BCUT2D eigenvalue weighted by Gasteiger charge is 2.36. The third-order valence-corrected chi connectivity index (χ3v) is 4.75. The molecule has 2 heterocycles. The average molecular weight is 360 g/mol. The first-order valence-electron chi connectivity index (χ1n) is 8.69. The van der Waals surface area contributed by atoms with Gasteiger partial charge in [-0.3, -0.25) is 9.69 Å². The summed E-state index contributed by atoms with van der Waals surface area (Å²) in [7, 11) is 3.42. The number of urea groups is 1. The van der Waals surface area contributed by atoms with Crippen LogP contribution in [0.5, 0.6) is 0 Å². The summed E-state index contributed by atoms with van der Waals surface area (Å²) < 4.78 is 5.15. The second-order valence-electron chi connectivity index (χ2n) is 6.68. The maximum Gasteiger partial charge on any atom is 0.410 e. The van der Waals surface area contributed by atoms with Gasteiger partial charge in [-0.15, -0.1) is 0 Å². The summed E-state index contributed by atoms with van der Waals surface area (Å²) in [6.45, 7) is 2.17. The first-order valence-corrected chi connectivity index (χ1v) is 8.69. The SMILES string of the molecule is CN(C)C(=O)N1CCN(C(=O)CN2C(=O)OC[C@@H]2c2ccccc2)CC1. The molecular weight excluding hydrogens is 336 g/mol. The maximum absolute atomic E-state index is 12.6. The van der Waals surface area contributed by atoms with Crippen LogP contribution in [0.1, 0.15) is 11.6 Å². The zero-order chi connectivity index (χ0) is 18.7. The highest BCUT2D eigenvalue weighted by Crippen LogP contribution is 2.27. The van der Waals surface area contributed by atoms with Gasteiger partial charge in [-0.1, -0.05) is 30.3 Å². The van der Waals surface area contributed by atoms with Crippen molar-refractivity contribution >= 4 is 18.0 Å². The average Bonchev–Trinajstić information content (AvgIpc) is 3.02. The Kier molecular flexibility index (Phi) is 5.29. The Labute approximate surface area is 152 Å². The van der Waals surface area contributed by atoms with Crippen LogP contribution in [0.2, 0.25) is 0 Å². The fourth-order valence-corrected chi connectivity index (χ4v) is 3.25. The topological polar surface area (TPSA) is 73.4 Å². The van der Waals surface area contributed by atoms with Crippen LogP contribution in [0, 0.1) is 0 Å². The van der Waals surface area contributed by atoms with Crippen LogP contribution in [-0.2, 0) is 9.53 Å². The van der Waals surface area contributed by atoms with E-state index in [0.717, 1.165) is 5.56 Å².